The Balaban J connectivity index is 1.43. The summed E-state index contributed by atoms with van der Waals surface area (Å²) in [5.74, 6) is 0.470. The molecule has 0 spiro atoms. The summed E-state index contributed by atoms with van der Waals surface area (Å²) in [4.78, 5) is 3.41. The first kappa shape index (κ1) is 18.0. The molecular weight excluding hydrogens is 430 g/mol. The Bertz CT molecular complexity index is 1380. The molecule has 1 aliphatic rings. The van der Waals surface area contributed by atoms with E-state index in [4.69, 9.17) is 0 Å². The van der Waals surface area contributed by atoms with Crippen molar-refractivity contribution in [2.24, 2.45) is 0 Å². The molecule has 6 rings (SSSR count). The predicted octanol–water partition coefficient (Wildman–Crippen LogP) is 8.14. The van der Waals surface area contributed by atoms with Crippen LogP contribution in [0.5, 0.6) is 0 Å². The highest BCUT2D eigenvalue weighted by atomic mass is 79.9. The maximum Gasteiger partial charge on any atom is 0.0471 e. The van der Waals surface area contributed by atoms with Gasteiger partial charge in [-0.2, -0.15) is 0 Å². The molecule has 4 aromatic carbocycles. The van der Waals surface area contributed by atoms with Crippen LogP contribution >= 0.6 is 15.9 Å². The summed E-state index contributed by atoms with van der Waals surface area (Å²) in [5.41, 5.74) is 9.82. The lowest BCUT2D eigenvalue weighted by Gasteiger charge is -2.14. The van der Waals surface area contributed by atoms with Crippen LogP contribution in [-0.2, 0) is 6.42 Å². The van der Waals surface area contributed by atoms with Gasteiger partial charge in [0.1, 0.15) is 0 Å². The molecule has 1 nitrogen and oxygen atoms in total. The fraction of sp³-hybridized carbons (Fsp3) is 0.143. The maximum atomic E-state index is 3.87. The van der Waals surface area contributed by atoms with Crippen molar-refractivity contribution in [2.45, 2.75) is 25.7 Å². The van der Waals surface area contributed by atoms with Gasteiger partial charge in [0.05, 0.1) is 0 Å². The van der Waals surface area contributed by atoms with E-state index in [9.17, 15) is 0 Å². The van der Waals surface area contributed by atoms with E-state index in [1.54, 1.807) is 0 Å². The van der Waals surface area contributed by atoms with Crippen molar-refractivity contribution in [3.05, 3.63) is 106 Å². The van der Waals surface area contributed by atoms with E-state index in [0.29, 0.717) is 5.92 Å². The van der Waals surface area contributed by atoms with Gasteiger partial charge in [0.15, 0.2) is 0 Å². The number of fused-ring (bicyclic) bond motifs is 5. The molecule has 0 atom stereocenters. The van der Waals surface area contributed by atoms with Crippen LogP contribution in [-0.4, -0.2) is 4.98 Å². The van der Waals surface area contributed by atoms with Gasteiger partial charge in [0, 0.05) is 27.5 Å². The minimum Gasteiger partial charge on any atom is -0.361 e. The lowest BCUT2D eigenvalue weighted by atomic mass is 9.90. The Hall–Kier alpha value is -2.84. The predicted molar refractivity (Wildman–Crippen MR) is 130 cm³/mol. The molecular formula is C28H22BrN. The number of rotatable bonds is 3. The monoisotopic (exact) mass is 451 g/mol. The summed E-state index contributed by atoms with van der Waals surface area (Å²) >= 11 is 3.87. The summed E-state index contributed by atoms with van der Waals surface area (Å²) in [6.07, 6.45) is 4.21. The standard InChI is InChI=1S/C28H22BrN/c1-17-15-26-25(16-27-24(28(26)29)11-6-14-30-27)18(17)12-13-23-21-9-4-2-7-19(21)20-8-3-5-10-22(20)23/h2-11,14-16,23,30H,12-13H2,1H3. The Kier molecular flexibility index (Phi) is 4.10. The van der Waals surface area contributed by atoms with E-state index in [2.05, 4.69) is 101 Å². The van der Waals surface area contributed by atoms with Gasteiger partial charge in [-0.3, -0.25) is 0 Å². The van der Waals surface area contributed by atoms with Crippen molar-refractivity contribution in [1.29, 1.82) is 0 Å². The van der Waals surface area contributed by atoms with Crippen LogP contribution in [0.25, 0.3) is 32.8 Å². The van der Waals surface area contributed by atoms with Crippen LogP contribution in [0, 0.1) is 6.92 Å². The van der Waals surface area contributed by atoms with Crippen LogP contribution in [0.3, 0.4) is 0 Å². The molecule has 30 heavy (non-hydrogen) atoms. The number of hydrogen-bond donors (Lipinski definition) is 1. The molecule has 0 saturated carbocycles. The Labute approximate surface area is 184 Å². The molecule has 0 radical (unpaired) electrons. The molecule has 0 aliphatic heterocycles. The van der Waals surface area contributed by atoms with Crippen LogP contribution in [0.1, 0.15) is 34.6 Å². The van der Waals surface area contributed by atoms with Gasteiger partial charge in [-0.05, 0) is 98.0 Å². The highest BCUT2D eigenvalue weighted by molar-refractivity contribution is 9.10. The van der Waals surface area contributed by atoms with Gasteiger partial charge in [-0.1, -0.05) is 54.6 Å². The first-order valence-corrected chi connectivity index (χ1v) is 11.4. The molecule has 2 heteroatoms. The maximum absolute atomic E-state index is 3.87. The van der Waals surface area contributed by atoms with Gasteiger partial charge in [0.25, 0.3) is 0 Å². The van der Waals surface area contributed by atoms with Crippen LogP contribution < -0.4 is 0 Å². The van der Waals surface area contributed by atoms with Crippen molar-refractivity contribution in [3.8, 4) is 11.1 Å². The van der Waals surface area contributed by atoms with Gasteiger partial charge in [0.2, 0.25) is 0 Å². The van der Waals surface area contributed by atoms with E-state index in [0.717, 1.165) is 12.8 Å². The molecule has 5 aromatic rings. The second-order valence-electron chi connectivity index (χ2n) is 8.35. The number of hydrogen-bond acceptors (Lipinski definition) is 0. The van der Waals surface area contributed by atoms with Crippen LogP contribution in [0.15, 0.2) is 83.5 Å². The Morgan fingerprint density at radius 2 is 1.50 bits per heavy atom. The number of halogens is 1. The molecule has 1 aliphatic carbocycles. The second kappa shape index (κ2) is 6.85. The molecule has 0 amide bonds. The largest absolute Gasteiger partial charge is 0.361 e. The molecule has 1 heterocycles. The van der Waals surface area contributed by atoms with Gasteiger partial charge >= 0.3 is 0 Å². The number of nitrogens with one attached hydrogen (secondary N) is 1. The quantitative estimate of drug-likeness (QED) is 0.284. The van der Waals surface area contributed by atoms with Crippen molar-refractivity contribution in [3.63, 3.8) is 0 Å². The van der Waals surface area contributed by atoms with Crippen LogP contribution in [0.2, 0.25) is 0 Å². The number of aromatic nitrogens is 1. The van der Waals surface area contributed by atoms with Crippen molar-refractivity contribution >= 4 is 37.6 Å². The number of H-pyrrole nitrogens is 1. The summed E-state index contributed by atoms with van der Waals surface area (Å²) in [6, 6.07) is 26.8. The zero-order valence-electron chi connectivity index (χ0n) is 16.9. The average molecular weight is 452 g/mol. The topological polar surface area (TPSA) is 15.8 Å². The zero-order chi connectivity index (χ0) is 20.2. The zero-order valence-corrected chi connectivity index (χ0v) is 18.5. The molecule has 0 unspecified atom stereocenters. The van der Waals surface area contributed by atoms with E-state index in [1.807, 2.05) is 6.20 Å². The number of aromatic amines is 1. The SMILES string of the molecule is Cc1cc2c(Br)c3ccc[nH]c3cc2c1CCC1c2ccccc2-c2ccccc21. The van der Waals surface area contributed by atoms with Crippen molar-refractivity contribution in [1.82, 2.24) is 4.98 Å². The molecule has 1 aromatic heterocycles. The molecule has 0 saturated heterocycles. The van der Waals surface area contributed by atoms with Gasteiger partial charge in [-0.25, -0.2) is 0 Å². The number of pyridine rings is 1. The van der Waals surface area contributed by atoms with Crippen molar-refractivity contribution in [2.75, 3.05) is 0 Å². The number of benzene rings is 3. The lowest BCUT2D eigenvalue weighted by Crippen LogP contribution is -1.99. The summed E-state index contributed by atoms with van der Waals surface area (Å²) < 4.78 is 1.19. The van der Waals surface area contributed by atoms with E-state index >= 15 is 0 Å². The fourth-order valence-electron chi connectivity index (χ4n) is 5.34. The first-order valence-electron chi connectivity index (χ1n) is 10.6. The summed E-state index contributed by atoms with van der Waals surface area (Å²) in [6.45, 7) is 2.26. The average Bonchev–Trinajstić information content (AvgIpc) is 3.27. The molecule has 0 bridgehead atoms. The van der Waals surface area contributed by atoms with Crippen molar-refractivity contribution < 1.29 is 0 Å². The van der Waals surface area contributed by atoms with Gasteiger partial charge < -0.3 is 4.98 Å². The van der Waals surface area contributed by atoms with E-state index in [1.165, 1.54) is 59.5 Å². The number of aryl methyl sites for hydroxylation is 2. The van der Waals surface area contributed by atoms with E-state index in [-0.39, 0.29) is 0 Å². The Morgan fingerprint density at radius 1 is 0.800 bits per heavy atom. The van der Waals surface area contributed by atoms with Crippen LogP contribution in [0.4, 0.5) is 0 Å². The Morgan fingerprint density at radius 3 is 2.23 bits per heavy atom. The summed E-state index contributed by atoms with van der Waals surface area (Å²) in [5, 5.41) is 3.93. The van der Waals surface area contributed by atoms with Gasteiger partial charge in [-0.15, -0.1) is 0 Å². The second-order valence-corrected chi connectivity index (χ2v) is 9.15. The molecule has 0 fully saturated rings. The van der Waals surface area contributed by atoms with E-state index < -0.39 is 0 Å². The lowest BCUT2D eigenvalue weighted by molar-refractivity contribution is 0.731. The highest BCUT2D eigenvalue weighted by Crippen LogP contribution is 2.47. The smallest absolute Gasteiger partial charge is 0.0471 e. The highest BCUT2D eigenvalue weighted by Gasteiger charge is 2.28. The fourth-order valence-corrected chi connectivity index (χ4v) is 6.02. The minimum atomic E-state index is 0.470. The first-order chi connectivity index (χ1) is 14.7. The third-order valence-electron chi connectivity index (χ3n) is 6.75. The minimum absolute atomic E-state index is 0.470. The third-order valence-corrected chi connectivity index (χ3v) is 7.60. The summed E-state index contributed by atoms with van der Waals surface area (Å²) in [7, 11) is 0. The normalized spacial score (nSPS) is 13.1. The molecule has 146 valence electrons. The third kappa shape index (κ3) is 2.60. The molecule has 1 N–H and O–H groups in total.